The minimum atomic E-state index is -0.0693. The van der Waals surface area contributed by atoms with E-state index in [-0.39, 0.29) is 5.82 Å². The molecule has 0 radical (unpaired) electrons. The van der Waals surface area contributed by atoms with Crippen LogP contribution >= 0.6 is 0 Å². The van der Waals surface area contributed by atoms with Crippen molar-refractivity contribution in [3.63, 3.8) is 0 Å². The molecular weight excluding hydrogens is 263 g/mol. The van der Waals surface area contributed by atoms with Crippen molar-refractivity contribution in [3.05, 3.63) is 35.1 Å². The lowest BCUT2D eigenvalue weighted by Gasteiger charge is -2.35. The first-order valence-corrected chi connectivity index (χ1v) is 8.28. The Kier molecular flexibility index (Phi) is 6.19. The molecule has 1 aliphatic rings. The number of benzene rings is 1. The first-order chi connectivity index (χ1) is 10.1. The van der Waals surface area contributed by atoms with E-state index in [1.54, 1.807) is 6.07 Å². The summed E-state index contributed by atoms with van der Waals surface area (Å²) in [6, 6.07) is 5.54. The Morgan fingerprint density at radius 3 is 2.62 bits per heavy atom. The first kappa shape index (κ1) is 16.4. The Balaban J connectivity index is 1.99. The van der Waals surface area contributed by atoms with Crippen LogP contribution < -0.4 is 5.32 Å². The smallest absolute Gasteiger partial charge is 0.127 e. The average molecular weight is 292 g/mol. The molecule has 0 bridgehead atoms. The van der Waals surface area contributed by atoms with Gasteiger partial charge in [0.1, 0.15) is 5.82 Å². The van der Waals surface area contributed by atoms with Gasteiger partial charge in [-0.05, 0) is 42.9 Å². The second kappa shape index (κ2) is 7.90. The van der Waals surface area contributed by atoms with E-state index in [1.807, 2.05) is 12.1 Å². The van der Waals surface area contributed by atoms with E-state index in [0.29, 0.717) is 11.8 Å². The van der Waals surface area contributed by atoms with E-state index < -0.39 is 0 Å². The van der Waals surface area contributed by atoms with Crippen LogP contribution in [0.1, 0.15) is 44.7 Å². The Bertz CT molecular complexity index is 437. The summed E-state index contributed by atoms with van der Waals surface area (Å²) in [6.45, 7) is 11.5. The molecule has 1 aromatic carbocycles. The number of likely N-dealkylation sites (tertiary alicyclic amines) is 1. The highest BCUT2D eigenvalue weighted by Gasteiger charge is 2.22. The summed E-state index contributed by atoms with van der Waals surface area (Å²) < 4.78 is 14.1. The normalized spacial score (nSPS) is 23.4. The maximum atomic E-state index is 14.1. The second-order valence-corrected chi connectivity index (χ2v) is 6.74. The van der Waals surface area contributed by atoms with Crippen LogP contribution in [0, 0.1) is 17.7 Å². The molecule has 1 fully saturated rings. The number of hydrogen-bond acceptors (Lipinski definition) is 2. The Morgan fingerprint density at radius 2 is 1.95 bits per heavy atom. The number of rotatable bonds is 6. The Hall–Kier alpha value is -0.930. The van der Waals surface area contributed by atoms with Crippen molar-refractivity contribution in [2.45, 2.75) is 46.7 Å². The van der Waals surface area contributed by atoms with E-state index in [4.69, 9.17) is 0 Å². The van der Waals surface area contributed by atoms with Crippen LogP contribution in [-0.4, -0.2) is 24.5 Å². The van der Waals surface area contributed by atoms with Gasteiger partial charge >= 0.3 is 0 Å². The van der Waals surface area contributed by atoms with Crippen molar-refractivity contribution in [2.75, 3.05) is 19.6 Å². The van der Waals surface area contributed by atoms with Crippen molar-refractivity contribution in [2.24, 2.45) is 11.8 Å². The highest BCUT2D eigenvalue weighted by molar-refractivity contribution is 5.25. The van der Waals surface area contributed by atoms with Crippen molar-refractivity contribution >= 4 is 0 Å². The van der Waals surface area contributed by atoms with E-state index in [0.717, 1.165) is 44.7 Å². The van der Waals surface area contributed by atoms with Crippen LogP contribution in [0.4, 0.5) is 4.39 Å². The van der Waals surface area contributed by atoms with Crippen LogP contribution in [0.5, 0.6) is 0 Å². The monoisotopic (exact) mass is 292 g/mol. The Morgan fingerprint density at radius 1 is 1.24 bits per heavy atom. The lowest BCUT2D eigenvalue weighted by atomic mass is 9.91. The quantitative estimate of drug-likeness (QED) is 0.802. The number of halogens is 1. The van der Waals surface area contributed by atoms with Gasteiger partial charge in [-0.2, -0.15) is 0 Å². The minimum absolute atomic E-state index is 0.0693. The van der Waals surface area contributed by atoms with Gasteiger partial charge in [0.25, 0.3) is 0 Å². The highest BCUT2D eigenvalue weighted by atomic mass is 19.1. The molecule has 118 valence electrons. The molecule has 1 aliphatic heterocycles. The number of hydrogen-bond donors (Lipinski definition) is 1. The molecule has 1 saturated heterocycles. The summed E-state index contributed by atoms with van der Waals surface area (Å²) in [7, 11) is 0. The predicted molar refractivity (Wildman–Crippen MR) is 86.6 cm³/mol. The van der Waals surface area contributed by atoms with E-state index >= 15 is 0 Å². The van der Waals surface area contributed by atoms with Crippen LogP contribution in [0.25, 0.3) is 0 Å². The fraction of sp³-hybridized carbons (Fsp3) is 0.667. The van der Waals surface area contributed by atoms with Crippen LogP contribution in [0.15, 0.2) is 18.2 Å². The summed E-state index contributed by atoms with van der Waals surface area (Å²) >= 11 is 0. The molecule has 1 heterocycles. The lowest BCUT2D eigenvalue weighted by molar-refractivity contribution is 0.133. The van der Waals surface area contributed by atoms with Crippen LogP contribution in [0.2, 0.25) is 0 Å². The predicted octanol–water partition coefficient (Wildman–Crippen LogP) is 3.80. The van der Waals surface area contributed by atoms with Gasteiger partial charge in [-0.3, -0.25) is 4.90 Å². The maximum Gasteiger partial charge on any atom is 0.127 e. The molecule has 2 unspecified atom stereocenters. The standard InChI is InChI=1S/C18H29FN2/c1-4-7-20-10-16-5-6-18(19)17(9-16)13-21-11-14(2)8-15(3)12-21/h5-6,9,14-15,20H,4,7-8,10-13H2,1-3H3. The van der Waals surface area contributed by atoms with Crippen molar-refractivity contribution < 1.29 is 4.39 Å². The van der Waals surface area contributed by atoms with E-state index in [9.17, 15) is 4.39 Å². The third-order valence-electron chi connectivity index (χ3n) is 4.20. The van der Waals surface area contributed by atoms with Crippen LogP contribution in [0.3, 0.4) is 0 Å². The topological polar surface area (TPSA) is 15.3 Å². The molecule has 0 saturated carbocycles. The molecule has 1 N–H and O–H groups in total. The van der Waals surface area contributed by atoms with Gasteiger partial charge in [0.05, 0.1) is 0 Å². The molecule has 2 atom stereocenters. The van der Waals surface area contributed by atoms with E-state index in [2.05, 4.69) is 31.0 Å². The van der Waals surface area contributed by atoms with E-state index in [1.165, 1.54) is 12.0 Å². The van der Waals surface area contributed by atoms with Crippen molar-refractivity contribution in [1.29, 1.82) is 0 Å². The number of nitrogens with one attached hydrogen (secondary N) is 1. The SMILES string of the molecule is CCCNCc1ccc(F)c(CN2CC(C)CC(C)C2)c1. The molecule has 1 aromatic rings. The summed E-state index contributed by atoms with van der Waals surface area (Å²) in [6.07, 6.45) is 2.41. The lowest BCUT2D eigenvalue weighted by Crippen LogP contribution is -2.38. The Labute approximate surface area is 128 Å². The minimum Gasteiger partial charge on any atom is -0.313 e. The van der Waals surface area contributed by atoms with Crippen molar-refractivity contribution in [3.8, 4) is 0 Å². The van der Waals surface area contributed by atoms with Crippen molar-refractivity contribution in [1.82, 2.24) is 10.2 Å². The molecule has 0 aromatic heterocycles. The molecule has 2 rings (SSSR count). The molecule has 0 amide bonds. The summed E-state index contributed by atoms with van der Waals surface area (Å²) in [5, 5.41) is 3.38. The zero-order chi connectivity index (χ0) is 15.2. The molecule has 0 spiro atoms. The summed E-state index contributed by atoms with van der Waals surface area (Å²) in [4.78, 5) is 2.40. The molecule has 0 aliphatic carbocycles. The number of piperidine rings is 1. The van der Waals surface area contributed by atoms with Gasteiger partial charge in [0.15, 0.2) is 0 Å². The zero-order valence-electron chi connectivity index (χ0n) is 13.7. The third-order valence-corrected chi connectivity index (χ3v) is 4.20. The average Bonchev–Trinajstić information content (AvgIpc) is 2.41. The fourth-order valence-electron chi connectivity index (χ4n) is 3.43. The highest BCUT2D eigenvalue weighted by Crippen LogP contribution is 2.23. The summed E-state index contributed by atoms with van der Waals surface area (Å²) in [5.74, 6) is 1.36. The number of nitrogens with zero attached hydrogens (tertiary/aromatic N) is 1. The molecule has 3 heteroatoms. The molecule has 2 nitrogen and oxygen atoms in total. The third kappa shape index (κ3) is 5.08. The van der Waals surface area contributed by atoms with Gasteiger partial charge in [0, 0.05) is 31.7 Å². The van der Waals surface area contributed by atoms with Crippen LogP contribution in [-0.2, 0) is 13.1 Å². The maximum absolute atomic E-state index is 14.1. The zero-order valence-corrected chi connectivity index (χ0v) is 13.7. The second-order valence-electron chi connectivity index (χ2n) is 6.74. The molecule has 21 heavy (non-hydrogen) atoms. The van der Waals surface area contributed by atoms with Gasteiger partial charge in [-0.25, -0.2) is 4.39 Å². The summed E-state index contributed by atoms with van der Waals surface area (Å²) in [5.41, 5.74) is 2.02. The fourth-order valence-corrected chi connectivity index (χ4v) is 3.43. The van der Waals surface area contributed by atoms with Gasteiger partial charge < -0.3 is 5.32 Å². The molecular formula is C18H29FN2. The largest absolute Gasteiger partial charge is 0.313 e. The van der Waals surface area contributed by atoms with Gasteiger partial charge in [-0.1, -0.05) is 32.9 Å². The van der Waals surface area contributed by atoms with Gasteiger partial charge in [-0.15, -0.1) is 0 Å². The van der Waals surface area contributed by atoms with Gasteiger partial charge in [0.2, 0.25) is 0 Å². The first-order valence-electron chi connectivity index (χ1n) is 8.28.